The molecule has 5 heteroatoms. The second-order valence-corrected chi connectivity index (χ2v) is 5.53. The minimum atomic E-state index is -0.892. The summed E-state index contributed by atoms with van der Waals surface area (Å²) in [5.41, 5.74) is 2.24. The molecule has 0 aliphatic rings. The molecule has 5 nitrogen and oxygen atoms in total. The highest BCUT2D eigenvalue weighted by molar-refractivity contribution is 5.89. The van der Waals surface area contributed by atoms with E-state index in [4.69, 9.17) is 5.11 Å². The predicted octanol–water partition coefficient (Wildman–Crippen LogP) is 2.53. The number of carboxylic acids is 1. The van der Waals surface area contributed by atoms with Gasteiger partial charge in [-0.1, -0.05) is 32.0 Å². The average Bonchev–Trinajstić information content (AvgIpc) is 2.86. The number of aromatic nitrogens is 2. The van der Waals surface area contributed by atoms with Crippen molar-refractivity contribution in [1.82, 2.24) is 15.1 Å². The van der Waals surface area contributed by atoms with E-state index in [0.717, 1.165) is 17.7 Å². The number of carboxylic acid groups (broad SMARTS) is 1. The van der Waals surface area contributed by atoms with Crippen molar-refractivity contribution in [2.24, 2.45) is 5.92 Å². The molecule has 0 radical (unpaired) electrons. The largest absolute Gasteiger partial charge is 0.478 e. The molecule has 1 aromatic heterocycles. The van der Waals surface area contributed by atoms with Gasteiger partial charge in [0.25, 0.3) is 0 Å². The van der Waals surface area contributed by atoms with Crippen LogP contribution >= 0.6 is 0 Å². The van der Waals surface area contributed by atoms with Crippen molar-refractivity contribution in [2.75, 3.05) is 0 Å². The number of nitrogens with zero attached hydrogens (tertiary/aromatic N) is 2. The van der Waals surface area contributed by atoms with Gasteiger partial charge in [-0.05, 0) is 17.5 Å². The first-order chi connectivity index (χ1) is 10.1. The molecule has 0 spiro atoms. The molecule has 1 aromatic carbocycles. The monoisotopic (exact) mass is 287 g/mol. The molecule has 0 aliphatic heterocycles. The highest BCUT2D eigenvalue weighted by Gasteiger charge is 2.08. The Balaban J connectivity index is 1.90. The molecule has 0 atom stereocenters. The summed E-state index contributed by atoms with van der Waals surface area (Å²) < 4.78 is 1.94. The summed E-state index contributed by atoms with van der Waals surface area (Å²) in [4.78, 5) is 11.1. The molecule has 0 fully saturated rings. The SMILES string of the molecule is CC(C)Cn1cc(CNCc2ccccc2C(=O)O)cn1. The summed E-state index contributed by atoms with van der Waals surface area (Å²) in [6, 6.07) is 7.05. The van der Waals surface area contributed by atoms with Gasteiger partial charge in [0, 0.05) is 31.4 Å². The lowest BCUT2D eigenvalue weighted by Crippen LogP contribution is -2.15. The Hall–Kier alpha value is -2.14. The van der Waals surface area contributed by atoms with E-state index in [2.05, 4.69) is 24.3 Å². The van der Waals surface area contributed by atoms with Crippen molar-refractivity contribution in [2.45, 2.75) is 33.5 Å². The summed E-state index contributed by atoms with van der Waals surface area (Å²) in [7, 11) is 0. The number of carbonyl (C=O) groups is 1. The maximum atomic E-state index is 11.1. The van der Waals surface area contributed by atoms with Crippen LogP contribution in [0.2, 0.25) is 0 Å². The molecule has 21 heavy (non-hydrogen) atoms. The number of hydrogen-bond donors (Lipinski definition) is 2. The summed E-state index contributed by atoms with van der Waals surface area (Å²) in [5.74, 6) is -0.328. The van der Waals surface area contributed by atoms with Crippen LogP contribution in [0.5, 0.6) is 0 Å². The fourth-order valence-electron chi connectivity index (χ4n) is 2.20. The summed E-state index contributed by atoms with van der Waals surface area (Å²) in [6.45, 7) is 6.41. The first-order valence-electron chi connectivity index (χ1n) is 7.09. The maximum Gasteiger partial charge on any atom is 0.336 e. The van der Waals surface area contributed by atoms with Gasteiger partial charge in [-0.15, -0.1) is 0 Å². The number of rotatable bonds is 7. The molecule has 112 valence electrons. The molecule has 1 heterocycles. The van der Waals surface area contributed by atoms with Crippen molar-refractivity contribution >= 4 is 5.97 Å². The Kier molecular flexibility index (Phi) is 5.11. The first-order valence-corrected chi connectivity index (χ1v) is 7.09. The van der Waals surface area contributed by atoms with Gasteiger partial charge in [-0.2, -0.15) is 5.10 Å². The summed E-state index contributed by atoms with van der Waals surface area (Å²) in [5, 5.41) is 16.7. The lowest BCUT2D eigenvalue weighted by molar-refractivity contribution is 0.0695. The first kappa shape index (κ1) is 15.3. The van der Waals surface area contributed by atoms with Gasteiger partial charge >= 0.3 is 5.97 Å². The second-order valence-electron chi connectivity index (χ2n) is 5.53. The van der Waals surface area contributed by atoms with Gasteiger partial charge in [0.05, 0.1) is 11.8 Å². The molecule has 0 bridgehead atoms. The molecule has 2 N–H and O–H groups in total. The normalized spacial score (nSPS) is 11.0. The van der Waals surface area contributed by atoms with Crippen LogP contribution in [-0.4, -0.2) is 20.9 Å². The van der Waals surface area contributed by atoms with E-state index < -0.39 is 5.97 Å². The van der Waals surface area contributed by atoms with Crippen molar-refractivity contribution in [3.8, 4) is 0 Å². The van der Waals surface area contributed by atoms with Crippen LogP contribution in [0.1, 0.15) is 35.3 Å². The molecule has 0 unspecified atom stereocenters. The third-order valence-corrected chi connectivity index (χ3v) is 3.13. The van der Waals surface area contributed by atoms with E-state index in [1.165, 1.54) is 0 Å². The Labute approximate surface area is 124 Å². The van der Waals surface area contributed by atoms with E-state index in [9.17, 15) is 4.79 Å². The third-order valence-electron chi connectivity index (χ3n) is 3.13. The molecular formula is C16H21N3O2. The molecule has 0 saturated carbocycles. The van der Waals surface area contributed by atoms with Gasteiger partial charge < -0.3 is 10.4 Å². The Bertz CT molecular complexity index is 605. The van der Waals surface area contributed by atoms with Gasteiger partial charge in [0.2, 0.25) is 0 Å². The molecule has 2 aromatic rings. The van der Waals surface area contributed by atoms with Gasteiger partial charge in [0.15, 0.2) is 0 Å². The van der Waals surface area contributed by atoms with Crippen LogP contribution < -0.4 is 5.32 Å². The van der Waals surface area contributed by atoms with E-state index in [0.29, 0.717) is 24.6 Å². The molecule has 0 aliphatic carbocycles. The Morgan fingerprint density at radius 3 is 2.81 bits per heavy atom. The van der Waals surface area contributed by atoms with E-state index in [1.807, 2.05) is 29.2 Å². The standard InChI is InChI=1S/C16H21N3O2/c1-12(2)10-19-11-13(8-18-19)7-17-9-14-5-3-4-6-15(14)16(20)21/h3-6,8,11-12,17H,7,9-10H2,1-2H3,(H,20,21). The zero-order valence-electron chi connectivity index (χ0n) is 12.4. The molecule has 2 rings (SSSR count). The van der Waals surface area contributed by atoms with Crippen LogP contribution in [0.25, 0.3) is 0 Å². The van der Waals surface area contributed by atoms with E-state index in [1.54, 1.807) is 12.1 Å². The fourth-order valence-corrected chi connectivity index (χ4v) is 2.20. The Morgan fingerprint density at radius 1 is 1.33 bits per heavy atom. The number of nitrogens with one attached hydrogen (secondary N) is 1. The van der Waals surface area contributed by atoms with Crippen LogP contribution in [0.15, 0.2) is 36.7 Å². The smallest absolute Gasteiger partial charge is 0.336 e. The molecule has 0 saturated heterocycles. The predicted molar refractivity (Wildman–Crippen MR) is 81.0 cm³/mol. The van der Waals surface area contributed by atoms with Crippen LogP contribution in [0.3, 0.4) is 0 Å². The third kappa shape index (κ3) is 4.43. The number of aromatic carboxylic acids is 1. The summed E-state index contributed by atoms with van der Waals surface area (Å²) >= 11 is 0. The lowest BCUT2D eigenvalue weighted by atomic mass is 10.1. The highest BCUT2D eigenvalue weighted by atomic mass is 16.4. The van der Waals surface area contributed by atoms with Crippen molar-refractivity contribution in [3.05, 3.63) is 53.3 Å². The summed E-state index contributed by atoms with van der Waals surface area (Å²) in [6.07, 6.45) is 3.87. The van der Waals surface area contributed by atoms with Crippen LogP contribution in [0.4, 0.5) is 0 Å². The van der Waals surface area contributed by atoms with Crippen molar-refractivity contribution in [1.29, 1.82) is 0 Å². The van der Waals surface area contributed by atoms with Crippen LogP contribution in [-0.2, 0) is 19.6 Å². The Morgan fingerprint density at radius 2 is 2.10 bits per heavy atom. The van der Waals surface area contributed by atoms with E-state index >= 15 is 0 Å². The van der Waals surface area contributed by atoms with Gasteiger partial charge in [0.1, 0.15) is 0 Å². The average molecular weight is 287 g/mol. The van der Waals surface area contributed by atoms with Crippen molar-refractivity contribution < 1.29 is 9.90 Å². The maximum absolute atomic E-state index is 11.1. The zero-order valence-corrected chi connectivity index (χ0v) is 12.4. The quantitative estimate of drug-likeness (QED) is 0.821. The lowest BCUT2D eigenvalue weighted by Gasteiger charge is -2.07. The van der Waals surface area contributed by atoms with Crippen molar-refractivity contribution in [3.63, 3.8) is 0 Å². The van der Waals surface area contributed by atoms with Gasteiger partial charge in [-0.25, -0.2) is 4.79 Å². The fraction of sp³-hybridized carbons (Fsp3) is 0.375. The molecule has 0 amide bonds. The zero-order chi connectivity index (χ0) is 15.2. The molecular weight excluding hydrogens is 266 g/mol. The minimum Gasteiger partial charge on any atom is -0.478 e. The topological polar surface area (TPSA) is 67.2 Å². The highest BCUT2D eigenvalue weighted by Crippen LogP contribution is 2.09. The minimum absolute atomic E-state index is 0.348. The van der Waals surface area contributed by atoms with Gasteiger partial charge in [-0.3, -0.25) is 4.68 Å². The van der Waals surface area contributed by atoms with Crippen LogP contribution in [0, 0.1) is 5.92 Å². The van der Waals surface area contributed by atoms with E-state index in [-0.39, 0.29) is 0 Å². The number of benzene rings is 1. The number of hydrogen-bond acceptors (Lipinski definition) is 3. The second kappa shape index (κ2) is 7.04.